The maximum absolute atomic E-state index is 13.4. The highest BCUT2D eigenvalue weighted by molar-refractivity contribution is 5.27. The van der Waals surface area contributed by atoms with Crippen molar-refractivity contribution < 1.29 is 4.39 Å². The molecule has 1 heteroatoms. The Morgan fingerprint density at radius 3 is 2.09 bits per heavy atom. The third-order valence-electron chi connectivity index (χ3n) is 6.24. The van der Waals surface area contributed by atoms with E-state index >= 15 is 0 Å². The van der Waals surface area contributed by atoms with Crippen molar-refractivity contribution in [1.82, 2.24) is 0 Å². The molecule has 2 fully saturated rings. The molecule has 0 amide bonds. The van der Waals surface area contributed by atoms with Crippen LogP contribution in [0.25, 0.3) is 0 Å². The molecule has 0 aromatic heterocycles. The molecular weight excluding hydrogens is 271 g/mol. The van der Waals surface area contributed by atoms with Crippen LogP contribution < -0.4 is 0 Å². The van der Waals surface area contributed by atoms with E-state index in [4.69, 9.17) is 0 Å². The predicted molar refractivity (Wildman–Crippen MR) is 91.5 cm³/mol. The molecule has 0 heterocycles. The van der Waals surface area contributed by atoms with Gasteiger partial charge in [0.05, 0.1) is 0 Å². The van der Waals surface area contributed by atoms with Crippen LogP contribution in [0.15, 0.2) is 30.9 Å². The number of hydrogen-bond donors (Lipinski definition) is 0. The molecule has 0 aliphatic heterocycles. The fourth-order valence-corrected chi connectivity index (χ4v) is 4.70. The third kappa shape index (κ3) is 3.45. The Hall–Kier alpha value is -1.11. The first-order valence-corrected chi connectivity index (χ1v) is 9.06. The number of rotatable bonds is 3. The van der Waals surface area contributed by atoms with Crippen molar-refractivity contribution in [2.24, 2.45) is 17.8 Å². The van der Waals surface area contributed by atoms with Gasteiger partial charge >= 0.3 is 0 Å². The van der Waals surface area contributed by atoms with Gasteiger partial charge in [-0.15, -0.1) is 6.58 Å². The molecule has 0 unspecified atom stereocenters. The average Bonchev–Trinajstić information content (AvgIpc) is 2.58. The van der Waals surface area contributed by atoms with Crippen LogP contribution in [0.5, 0.6) is 0 Å². The lowest BCUT2D eigenvalue weighted by Crippen LogP contribution is -2.25. The van der Waals surface area contributed by atoms with Gasteiger partial charge in [0.25, 0.3) is 0 Å². The van der Waals surface area contributed by atoms with E-state index in [9.17, 15) is 4.39 Å². The lowest BCUT2D eigenvalue weighted by molar-refractivity contribution is 0.171. The lowest BCUT2D eigenvalue weighted by atomic mass is 9.68. The van der Waals surface area contributed by atoms with Crippen LogP contribution in [0.3, 0.4) is 0 Å². The average molecular weight is 300 g/mol. The fraction of sp³-hybridized carbons (Fsp3) is 0.619. The molecule has 1 aromatic carbocycles. The Kier molecular flexibility index (Phi) is 5.00. The maximum atomic E-state index is 13.4. The summed E-state index contributed by atoms with van der Waals surface area (Å²) in [4.78, 5) is 0. The molecule has 0 nitrogen and oxygen atoms in total. The Bertz CT molecular complexity index is 503. The molecule has 3 rings (SSSR count). The summed E-state index contributed by atoms with van der Waals surface area (Å²) in [5.74, 6) is 3.24. The molecule has 22 heavy (non-hydrogen) atoms. The Labute approximate surface area is 134 Å². The van der Waals surface area contributed by atoms with E-state index < -0.39 is 0 Å². The van der Waals surface area contributed by atoms with Crippen molar-refractivity contribution in [2.75, 3.05) is 0 Å². The van der Waals surface area contributed by atoms with Gasteiger partial charge in [-0.3, -0.25) is 0 Å². The molecule has 0 radical (unpaired) electrons. The summed E-state index contributed by atoms with van der Waals surface area (Å²) in [6.07, 6.45) is 13.0. The van der Waals surface area contributed by atoms with Crippen molar-refractivity contribution in [3.05, 3.63) is 47.8 Å². The summed E-state index contributed by atoms with van der Waals surface area (Å²) in [7, 11) is 0. The predicted octanol–water partition coefficient (Wildman–Crippen LogP) is 6.40. The number of aryl methyl sites for hydroxylation is 1. The van der Waals surface area contributed by atoms with Gasteiger partial charge in [-0.2, -0.15) is 0 Å². The first-order chi connectivity index (χ1) is 10.7. The zero-order chi connectivity index (χ0) is 15.5. The molecule has 0 N–H and O–H groups in total. The topological polar surface area (TPSA) is 0 Å². The van der Waals surface area contributed by atoms with E-state index in [-0.39, 0.29) is 5.82 Å². The van der Waals surface area contributed by atoms with Gasteiger partial charge in [-0.1, -0.05) is 18.2 Å². The van der Waals surface area contributed by atoms with E-state index in [1.165, 1.54) is 56.9 Å². The molecule has 1 aromatic rings. The van der Waals surface area contributed by atoms with Gasteiger partial charge in [0.1, 0.15) is 5.82 Å². The summed E-state index contributed by atoms with van der Waals surface area (Å²) in [6, 6.07) is 5.71. The number of benzene rings is 1. The zero-order valence-corrected chi connectivity index (χ0v) is 13.9. The van der Waals surface area contributed by atoms with Gasteiger partial charge in [-0.05, 0) is 99.2 Å². The first kappa shape index (κ1) is 15.8. The van der Waals surface area contributed by atoms with Crippen LogP contribution in [0.2, 0.25) is 0 Å². The van der Waals surface area contributed by atoms with Crippen molar-refractivity contribution >= 4 is 0 Å². The van der Waals surface area contributed by atoms with Crippen LogP contribution in [-0.4, -0.2) is 0 Å². The molecule has 120 valence electrons. The number of hydrogen-bond acceptors (Lipinski definition) is 0. The smallest absolute Gasteiger partial charge is 0.126 e. The van der Waals surface area contributed by atoms with Gasteiger partial charge < -0.3 is 0 Å². The molecule has 0 bridgehead atoms. The van der Waals surface area contributed by atoms with Gasteiger partial charge in [0.2, 0.25) is 0 Å². The quantitative estimate of drug-likeness (QED) is 0.566. The molecule has 0 saturated heterocycles. The second kappa shape index (κ2) is 6.98. The fourth-order valence-electron chi connectivity index (χ4n) is 4.70. The molecular formula is C21H29F. The maximum Gasteiger partial charge on any atom is 0.126 e. The van der Waals surface area contributed by atoms with Gasteiger partial charge in [0, 0.05) is 0 Å². The Morgan fingerprint density at radius 1 is 0.955 bits per heavy atom. The van der Waals surface area contributed by atoms with Crippen molar-refractivity contribution in [3.8, 4) is 0 Å². The van der Waals surface area contributed by atoms with E-state index in [0.29, 0.717) is 5.92 Å². The Morgan fingerprint density at radius 2 is 1.55 bits per heavy atom. The standard InChI is InChI=1S/C21H29F/c1-3-16-4-6-17(7-5-16)18-8-10-19(11-9-18)20-12-13-21(22)15(2)14-20/h3,12-14,16-19H,1,4-11H2,2H3. The number of allylic oxidation sites excluding steroid dienone is 1. The normalized spacial score (nSPS) is 32.6. The minimum absolute atomic E-state index is 0.0728. The summed E-state index contributed by atoms with van der Waals surface area (Å²) < 4.78 is 13.4. The minimum Gasteiger partial charge on any atom is -0.207 e. The van der Waals surface area contributed by atoms with E-state index in [2.05, 4.69) is 18.7 Å². The molecule has 2 saturated carbocycles. The van der Waals surface area contributed by atoms with Crippen molar-refractivity contribution in [1.29, 1.82) is 0 Å². The SMILES string of the molecule is C=CC1CCC(C2CCC(c3ccc(F)c(C)c3)CC2)CC1. The highest BCUT2D eigenvalue weighted by Crippen LogP contribution is 2.44. The Balaban J connectivity index is 1.54. The highest BCUT2D eigenvalue weighted by atomic mass is 19.1. The van der Waals surface area contributed by atoms with Crippen molar-refractivity contribution in [3.63, 3.8) is 0 Å². The summed E-state index contributed by atoms with van der Waals surface area (Å²) in [6.45, 7) is 5.83. The van der Waals surface area contributed by atoms with Gasteiger partial charge in [0.15, 0.2) is 0 Å². The van der Waals surface area contributed by atoms with Crippen LogP contribution >= 0.6 is 0 Å². The van der Waals surface area contributed by atoms with Crippen LogP contribution in [0, 0.1) is 30.5 Å². The highest BCUT2D eigenvalue weighted by Gasteiger charge is 2.30. The number of halogens is 1. The summed E-state index contributed by atoms with van der Waals surface area (Å²) >= 11 is 0. The van der Waals surface area contributed by atoms with Crippen LogP contribution in [-0.2, 0) is 0 Å². The first-order valence-electron chi connectivity index (χ1n) is 9.06. The minimum atomic E-state index is -0.0728. The van der Waals surface area contributed by atoms with E-state index in [1.54, 1.807) is 6.07 Å². The van der Waals surface area contributed by atoms with E-state index in [0.717, 1.165) is 23.3 Å². The van der Waals surface area contributed by atoms with Crippen LogP contribution in [0.1, 0.15) is 68.4 Å². The monoisotopic (exact) mass is 300 g/mol. The molecule has 2 aliphatic carbocycles. The van der Waals surface area contributed by atoms with Gasteiger partial charge in [-0.25, -0.2) is 4.39 Å². The van der Waals surface area contributed by atoms with Crippen molar-refractivity contribution in [2.45, 2.75) is 64.2 Å². The molecule has 2 aliphatic rings. The van der Waals surface area contributed by atoms with Crippen LogP contribution in [0.4, 0.5) is 4.39 Å². The zero-order valence-electron chi connectivity index (χ0n) is 13.9. The second-order valence-corrected chi connectivity index (χ2v) is 7.53. The third-order valence-corrected chi connectivity index (χ3v) is 6.24. The van der Waals surface area contributed by atoms with E-state index in [1.807, 2.05) is 13.0 Å². The largest absolute Gasteiger partial charge is 0.207 e. The molecule has 0 atom stereocenters. The second-order valence-electron chi connectivity index (χ2n) is 7.53. The summed E-state index contributed by atoms with van der Waals surface area (Å²) in [5.41, 5.74) is 2.15. The summed E-state index contributed by atoms with van der Waals surface area (Å²) in [5, 5.41) is 0. The molecule has 0 spiro atoms. The lowest BCUT2D eigenvalue weighted by Gasteiger charge is -2.37.